The van der Waals surface area contributed by atoms with Gasteiger partial charge < -0.3 is 4.90 Å². The van der Waals surface area contributed by atoms with Crippen LogP contribution in [0.2, 0.25) is 0 Å². The van der Waals surface area contributed by atoms with Gasteiger partial charge in [0.05, 0.1) is 17.1 Å². The molecule has 0 spiro atoms. The largest absolute Gasteiger partial charge is 0.338 e. The number of carbonyl (C=O) groups excluding carboxylic acids is 1. The number of nitrogens with zero attached hydrogens (tertiary/aromatic N) is 4. The molecule has 4 rings (SSSR count). The Balaban J connectivity index is 1.53. The van der Waals surface area contributed by atoms with Gasteiger partial charge in [-0.3, -0.25) is 9.48 Å². The van der Waals surface area contributed by atoms with Crippen LogP contribution >= 0.6 is 0 Å². The Hall–Kier alpha value is -2.95. The molecule has 1 aliphatic rings. The van der Waals surface area contributed by atoms with E-state index in [0.29, 0.717) is 5.56 Å². The van der Waals surface area contributed by atoms with E-state index in [-0.39, 0.29) is 5.91 Å². The molecule has 26 heavy (non-hydrogen) atoms. The molecule has 3 heterocycles. The number of pyridine rings is 1. The zero-order valence-electron chi connectivity index (χ0n) is 15.1. The van der Waals surface area contributed by atoms with Gasteiger partial charge in [-0.15, -0.1) is 0 Å². The van der Waals surface area contributed by atoms with Crippen molar-refractivity contribution in [2.75, 3.05) is 13.1 Å². The molecule has 0 aliphatic carbocycles. The summed E-state index contributed by atoms with van der Waals surface area (Å²) in [5.41, 5.74) is 4.93. The number of benzene rings is 1. The molecular formula is C21H22N4O. The average molecular weight is 346 g/mol. The van der Waals surface area contributed by atoms with Gasteiger partial charge in [0, 0.05) is 25.8 Å². The fraction of sp³-hybridized carbons (Fsp3) is 0.286. The number of hydrogen-bond acceptors (Lipinski definition) is 3. The fourth-order valence-corrected chi connectivity index (χ4v) is 3.51. The molecule has 2 aromatic heterocycles. The fourth-order valence-electron chi connectivity index (χ4n) is 3.51. The van der Waals surface area contributed by atoms with Crippen LogP contribution in [-0.2, 0) is 7.05 Å². The second-order valence-electron chi connectivity index (χ2n) is 6.82. The summed E-state index contributed by atoms with van der Waals surface area (Å²) >= 11 is 0. The van der Waals surface area contributed by atoms with Crippen molar-refractivity contribution in [2.45, 2.75) is 19.8 Å². The smallest absolute Gasteiger partial charge is 0.254 e. The maximum Gasteiger partial charge on any atom is 0.254 e. The van der Waals surface area contributed by atoms with Gasteiger partial charge >= 0.3 is 0 Å². The highest BCUT2D eigenvalue weighted by Gasteiger charge is 2.23. The normalized spacial score (nSPS) is 14.7. The van der Waals surface area contributed by atoms with Crippen molar-refractivity contribution in [3.63, 3.8) is 0 Å². The van der Waals surface area contributed by atoms with Gasteiger partial charge in [0.1, 0.15) is 0 Å². The molecule has 1 aliphatic heterocycles. The van der Waals surface area contributed by atoms with Crippen molar-refractivity contribution in [1.82, 2.24) is 19.7 Å². The Morgan fingerprint density at radius 3 is 2.62 bits per heavy atom. The van der Waals surface area contributed by atoms with Crippen LogP contribution in [0, 0.1) is 6.92 Å². The minimum atomic E-state index is 0.0762. The van der Waals surface area contributed by atoms with Crippen LogP contribution in [0.25, 0.3) is 17.1 Å². The molecule has 5 heteroatoms. The van der Waals surface area contributed by atoms with Crippen LogP contribution in [0.15, 0.2) is 48.2 Å². The van der Waals surface area contributed by atoms with Crippen LogP contribution in [0.3, 0.4) is 0 Å². The summed E-state index contributed by atoms with van der Waals surface area (Å²) in [5, 5.41) is 5.09. The molecule has 0 radical (unpaired) electrons. The Kier molecular flexibility index (Phi) is 4.29. The monoisotopic (exact) mass is 346 g/mol. The maximum absolute atomic E-state index is 13.1. The lowest BCUT2D eigenvalue weighted by Gasteiger charge is -2.29. The Morgan fingerprint density at radius 2 is 1.88 bits per heavy atom. The maximum atomic E-state index is 13.1. The number of amides is 1. The van der Waals surface area contributed by atoms with Gasteiger partial charge in [-0.25, -0.2) is 4.98 Å². The quantitative estimate of drug-likeness (QED) is 0.712. The van der Waals surface area contributed by atoms with E-state index < -0.39 is 0 Å². The molecule has 0 atom stereocenters. The van der Waals surface area contributed by atoms with Crippen molar-refractivity contribution in [1.29, 1.82) is 0 Å². The zero-order chi connectivity index (χ0) is 18.1. The van der Waals surface area contributed by atoms with E-state index >= 15 is 0 Å². The predicted molar refractivity (Wildman–Crippen MR) is 103 cm³/mol. The first-order valence-corrected chi connectivity index (χ1v) is 8.95. The molecule has 1 aromatic carbocycles. The number of hydrogen-bond donors (Lipinski definition) is 0. The highest BCUT2D eigenvalue weighted by atomic mass is 16.2. The Labute approximate surface area is 153 Å². The van der Waals surface area contributed by atoms with Gasteiger partial charge in [-0.1, -0.05) is 42.0 Å². The third-order valence-electron chi connectivity index (χ3n) is 4.93. The summed E-state index contributed by atoms with van der Waals surface area (Å²) in [6, 6.07) is 12.2. The van der Waals surface area contributed by atoms with Crippen LogP contribution in [0.5, 0.6) is 0 Å². The standard InChI is InChI=1S/C21H22N4O/c1-15-12-18(19-14-22-24(2)20(19)23-15)21(26)25-10-8-17(9-11-25)13-16-6-4-3-5-7-16/h3-7,12-14H,8-11H2,1-2H3. The molecule has 1 amide bonds. The van der Waals surface area contributed by atoms with Crippen LogP contribution < -0.4 is 0 Å². The highest BCUT2D eigenvalue weighted by Crippen LogP contribution is 2.24. The third-order valence-corrected chi connectivity index (χ3v) is 4.93. The van der Waals surface area contributed by atoms with E-state index in [4.69, 9.17) is 0 Å². The van der Waals surface area contributed by atoms with Gasteiger partial charge in [0.2, 0.25) is 0 Å². The minimum Gasteiger partial charge on any atom is -0.338 e. The number of likely N-dealkylation sites (tertiary alicyclic amines) is 1. The summed E-state index contributed by atoms with van der Waals surface area (Å²) < 4.78 is 1.72. The number of piperidine rings is 1. The summed E-state index contributed by atoms with van der Waals surface area (Å²) in [6.45, 7) is 3.42. The average Bonchev–Trinajstić information content (AvgIpc) is 3.03. The molecule has 1 saturated heterocycles. The van der Waals surface area contributed by atoms with E-state index in [9.17, 15) is 4.79 Å². The molecule has 0 unspecified atom stereocenters. The van der Waals surface area contributed by atoms with Gasteiger partial charge in [0.15, 0.2) is 5.65 Å². The summed E-state index contributed by atoms with van der Waals surface area (Å²) in [6.07, 6.45) is 5.82. The van der Waals surface area contributed by atoms with Crippen molar-refractivity contribution < 1.29 is 4.79 Å². The number of carbonyl (C=O) groups is 1. The van der Waals surface area contributed by atoms with E-state index in [1.807, 2.05) is 31.0 Å². The molecule has 0 bridgehead atoms. The summed E-state index contributed by atoms with van der Waals surface area (Å²) in [4.78, 5) is 19.5. The number of fused-ring (bicyclic) bond motifs is 1. The van der Waals surface area contributed by atoms with Gasteiger partial charge in [-0.2, -0.15) is 5.10 Å². The lowest BCUT2D eigenvalue weighted by molar-refractivity contribution is 0.0746. The summed E-state index contributed by atoms with van der Waals surface area (Å²) in [5.74, 6) is 0.0762. The number of rotatable bonds is 2. The first kappa shape index (κ1) is 16.5. The van der Waals surface area contributed by atoms with Crippen molar-refractivity contribution in [3.05, 3.63) is 65.0 Å². The van der Waals surface area contributed by atoms with Gasteiger partial charge in [0.25, 0.3) is 5.91 Å². The van der Waals surface area contributed by atoms with Crippen molar-refractivity contribution in [2.24, 2.45) is 7.05 Å². The Morgan fingerprint density at radius 1 is 1.15 bits per heavy atom. The van der Waals surface area contributed by atoms with Crippen molar-refractivity contribution >= 4 is 23.0 Å². The molecule has 0 saturated carbocycles. The topological polar surface area (TPSA) is 51.0 Å². The van der Waals surface area contributed by atoms with E-state index in [1.165, 1.54) is 11.1 Å². The number of aryl methyl sites for hydroxylation is 2. The third kappa shape index (κ3) is 3.12. The van der Waals surface area contributed by atoms with E-state index in [2.05, 4.69) is 40.4 Å². The predicted octanol–water partition coefficient (Wildman–Crippen LogP) is 3.60. The molecule has 132 valence electrons. The highest BCUT2D eigenvalue weighted by molar-refractivity contribution is 6.05. The SMILES string of the molecule is Cc1cc(C(=O)N2CCC(=Cc3ccccc3)CC2)c2cnn(C)c2n1. The first-order chi connectivity index (χ1) is 12.6. The number of aromatic nitrogens is 3. The molecular weight excluding hydrogens is 324 g/mol. The lowest BCUT2D eigenvalue weighted by Crippen LogP contribution is -2.36. The second-order valence-corrected chi connectivity index (χ2v) is 6.82. The van der Waals surface area contributed by atoms with E-state index in [0.717, 1.165) is 42.7 Å². The van der Waals surface area contributed by atoms with Crippen LogP contribution in [-0.4, -0.2) is 38.7 Å². The lowest BCUT2D eigenvalue weighted by atomic mass is 10.00. The Bertz CT molecular complexity index is 978. The summed E-state index contributed by atoms with van der Waals surface area (Å²) in [7, 11) is 1.85. The van der Waals surface area contributed by atoms with E-state index in [1.54, 1.807) is 10.9 Å². The zero-order valence-corrected chi connectivity index (χ0v) is 15.1. The second kappa shape index (κ2) is 6.75. The molecule has 3 aromatic rings. The van der Waals surface area contributed by atoms with Gasteiger partial charge in [-0.05, 0) is 31.4 Å². The molecule has 0 N–H and O–H groups in total. The molecule has 5 nitrogen and oxygen atoms in total. The van der Waals surface area contributed by atoms with Crippen LogP contribution in [0.1, 0.15) is 34.5 Å². The van der Waals surface area contributed by atoms with Crippen molar-refractivity contribution in [3.8, 4) is 0 Å². The molecule has 1 fully saturated rings. The first-order valence-electron chi connectivity index (χ1n) is 8.95. The van der Waals surface area contributed by atoms with Crippen LogP contribution in [0.4, 0.5) is 0 Å². The minimum absolute atomic E-state index is 0.0762.